The second-order valence-corrected chi connectivity index (χ2v) is 8.76. The SMILES string of the molecule is CC(C)[C@@H](CNC(=O)c1ccc(C[C@H](N)C(=O)O)cc1)c1ccc(-c2nccs2)cc1. The van der Waals surface area contributed by atoms with Crippen LogP contribution in [0.25, 0.3) is 10.6 Å². The Morgan fingerprint density at radius 1 is 1.10 bits per heavy atom. The van der Waals surface area contributed by atoms with Crippen molar-refractivity contribution in [1.29, 1.82) is 0 Å². The van der Waals surface area contributed by atoms with E-state index in [2.05, 4.69) is 48.4 Å². The van der Waals surface area contributed by atoms with Gasteiger partial charge < -0.3 is 16.2 Å². The Morgan fingerprint density at radius 3 is 2.32 bits per heavy atom. The molecule has 0 fully saturated rings. The van der Waals surface area contributed by atoms with Gasteiger partial charge in [0.2, 0.25) is 0 Å². The standard InChI is InChI=1S/C24H27N3O3S/c1-15(2)20(17-7-9-19(10-8-17)23-26-11-12-31-23)14-27-22(28)18-5-3-16(4-6-18)13-21(25)24(29)30/h3-12,15,20-21H,13-14,25H2,1-2H3,(H,27,28)(H,29,30)/t20-,21+/m1/s1. The van der Waals surface area contributed by atoms with Crippen LogP contribution in [0.1, 0.15) is 41.3 Å². The van der Waals surface area contributed by atoms with Crippen molar-refractivity contribution >= 4 is 23.2 Å². The van der Waals surface area contributed by atoms with Gasteiger partial charge >= 0.3 is 5.97 Å². The molecule has 3 rings (SSSR count). The summed E-state index contributed by atoms with van der Waals surface area (Å²) in [5.74, 6) is -0.659. The predicted octanol–water partition coefficient (Wildman–Crippen LogP) is 3.93. The molecule has 1 amide bonds. The molecule has 0 aliphatic rings. The number of aliphatic carboxylic acids is 1. The number of aromatic nitrogens is 1. The number of thiazole rings is 1. The van der Waals surface area contributed by atoms with Gasteiger partial charge in [-0.25, -0.2) is 4.98 Å². The number of carboxylic acids is 1. The average molecular weight is 438 g/mol. The number of nitrogens with zero attached hydrogens (tertiary/aromatic N) is 1. The number of carbonyl (C=O) groups excluding carboxylic acids is 1. The van der Waals surface area contributed by atoms with Crippen molar-refractivity contribution in [3.8, 4) is 10.6 Å². The fraction of sp³-hybridized carbons (Fsp3) is 0.292. The van der Waals surface area contributed by atoms with E-state index in [-0.39, 0.29) is 18.2 Å². The Bertz CT molecular complexity index is 1000. The van der Waals surface area contributed by atoms with E-state index >= 15 is 0 Å². The fourth-order valence-electron chi connectivity index (χ4n) is 3.42. The van der Waals surface area contributed by atoms with Gasteiger partial charge in [-0.05, 0) is 35.6 Å². The molecule has 1 aromatic heterocycles. The third-order valence-corrected chi connectivity index (χ3v) is 6.12. The minimum atomic E-state index is -1.04. The maximum absolute atomic E-state index is 12.6. The highest BCUT2D eigenvalue weighted by molar-refractivity contribution is 7.13. The zero-order valence-electron chi connectivity index (χ0n) is 17.6. The van der Waals surface area contributed by atoms with Crippen LogP contribution in [0.3, 0.4) is 0 Å². The van der Waals surface area contributed by atoms with Crippen LogP contribution in [-0.4, -0.2) is 34.6 Å². The number of carboxylic acid groups (broad SMARTS) is 1. The number of rotatable bonds is 9. The van der Waals surface area contributed by atoms with Gasteiger partial charge in [-0.1, -0.05) is 50.2 Å². The molecule has 0 bridgehead atoms. The highest BCUT2D eigenvalue weighted by Gasteiger charge is 2.18. The summed E-state index contributed by atoms with van der Waals surface area (Å²) in [5.41, 5.74) is 9.15. The largest absolute Gasteiger partial charge is 0.480 e. The van der Waals surface area contributed by atoms with Crippen LogP contribution < -0.4 is 11.1 Å². The first-order valence-electron chi connectivity index (χ1n) is 10.2. The smallest absolute Gasteiger partial charge is 0.320 e. The second kappa shape index (κ2) is 10.3. The average Bonchev–Trinajstić information content (AvgIpc) is 3.29. The minimum absolute atomic E-state index is 0.154. The van der Waals surface area contributed by atoms with Gasteiger partial charge in [0, 0.05) is 35.2 Å². The molecule has 0 radical (unpaired) electrons. The molecule has 7 heteroatoms. The van der Waals surface area contributed by atoms with E-state index in [1.807, 2.05) is 5.38 Å². The summed E-state index contributed by atoms with van der Waals surface area (Å²) in [4.78, 5) is 27.8. The van der Waals surface area contributed by atoms with E-state index < -0.39 is 12.0 Å². The lowest BCUT2D eigenvalue weighted by molar-refractivity contribution is -0.138. The van der Waals surface area contributed by atoms with Crippen molar-refractivity contribution in [2.45, 2.75) is 32.2 Å². The molecule has 2 atom stereocenters. The van der Waals surface area contributed by atoms with Crippen LogP contribution in [-0.2, 0) is 11.2 Å². The molecular weight excluding hydrogens is 410 g/mol. The Balaban J connectivity index is 1.62. The van der Waals surface area contributed by atoms with Crippen molar-refractivity contribution in [3.05, 3.63) is 76.8 Å². The molecule has 0 saturated heterocycles. The maximum Gasteiger partial charge on any atom is 0.320 e. The van der Waals surface area contributed by atoms with Crippen molar-refractivity contribution in [3.63, 3.8) is 0 Å². The van der Waals surface area contributed by atoms with E-state index in [1.165, 1.54) is 5.56 Å². The summed E-state index contributed by atoms with van der Waals surface area (Å²) in [6.45, 7) is 4.82. The number of carbonyl (C=O) groups is 2. The molecule has 1 heterocycles. The molecule has 0 aliphatic carbocycles. The Labute approximate surface area is 186 Å². The number of amides is 1. The van der Waals surface area contributed by atoms with Crippen LogP contribution in [0.2, 0.25) is 0 Å². The number of nitrogens with one attached hydrogen (secondary N) is 1. The van der Waals surface area contributed by atoms with Gasteiger partial charge in [-0.3, -0.25) is 9.59 Å². The van der Waals surface area contributed by atoms with Gasteiger partial charge in [-0.15, -0.1) is 11.3 Å². The van der Waals surface area contributed by atoms with Gasteiger partial charge in [0.05, 0.1) is 0 Å². The summed E-state index contributed by atoms with van der Waals surface area (Å²) in [6.07, 6.45) is 2.02. The zero-order chi connectivity index (χ0) is 22.4. The van der Waals surface area contributed by atoms with E-state index in [4.69, 9.17) is 10.8 Å². The summed E-state index contributed by atoms with van der Waals surface area (Å²) < 4.78 is 0. The quantitative estimate of drug-likeness (QED) is 0.470. The molecule has 162 valence electrons. The highest BCUT2D eigenvalue weighted by Crippen LogP contribution is 2.28. The number of nitrogens with two attached hydrogens (primary N) is 1. The first-order chi connectivity index (χ1) is 14.8. The number of hydrogen-bond donors (Lipinski definition) is 3. The lowest BCUT2D eigenvalue weighted by Gasteiger charge is -2.22. The monoisotopic (exact) mass is 437 g/mol. The molecule has 0 aliphatic heterocycles. The Morgan fingerprint density at radius 2 is 1.77 bits per heavy atom. The number of benzene rings is 2. The molecular formula is C24H27N3O3S. The van der Waals surface area contributed by atoms with E-state index in [0.717, 1.165) is 16.1 Å². The van der Waals surface area contributed by atoms with Crippen molar-refractivity contribution in [1.82, 2.24) is 10.3 Å². The lowest BCUT2D eigenvalue weighted by atomic mass is 9.88. The van der Waals surface area contributed by atoms with Gasteiger partial charge in [0.1, 0.15) is 11.0 Å². The highest BCUT2D eigenvalue weighted by atomic mass is 32.1. The fourth-order valence-corrected chi connectivity index (χ4v) is 4.06. The van der Waals surface area contributed by atoms with Crippen LogP contribution in [0, 0.1) is 5.92 Å². The molecule has 0 unspecified atom stereocenters. The van der Waals surface area contributed by atoms with Gasteiger partial charge in [-0.2, -0.15) is 0 Å². The van der Waals surface area contributed by atoms with Crippen LogP contribution >= 0.6 is 11.3 Å². The minimum Gasteiger partial charge on any atom is -0.480 e. The van der Waals surface area contributed by atoms with Crippen molar-refractivity contribution in [2.75, 3.05) is 6.54 Å². The summed E-state index contributed by atoms with van der Waals surface area (Å²) in [6, 6.07) is 14.3. The van der Waals surface area contributed by atoms with Gasteiger partial charge in [0.25, 0.3) is 5.91 Å². The molecule has 31 heavy (non-hydrogen) atoms. The third-order valence-electron chi connectivity index (χ3n) is 5.29. The molecule has 3 aromatic rings. The first kappa shape index (κ1) is 22.7. The van der Waals surface area contributed by atoms with E-state index in [1.54, 1.807) is 41.8 Å². The molecule has 0 saturated carbocycles. The Kier molecular flexibility index (Phi) is 7.55. The van der Waals surface area contributed by atoms with Crippen LogP contribution in [0.4, 0.5) is 0 Å². The topological polar surface area (TPSA) is 105 Å². The third kappa shape index (κ3) is 5.99. The molecule has 4 N–H and O–H groups in total. The van der Waals surface area contributed by atoms with Crippen LogP contribution in [0.15, 0.2) is 60.1 Å². The first-order valence-corrected chi connectivity index (χ1v) is 11.1. The molecule has 2 aromatic carbocycles. The lowest BCUT2D eigenvalue weighted by Crippen LogP contribution is -2.32. The normalized spacial score (nSPS) is 13.0. The van der Waals surface area contributed by atoms with Gasteiger partial charge in [0.15, 0.2) is 0 Å². The summed E-state index contributed by atoms with van der Waals surface area (Å²) >= 11 is 1.61. The van der Waals surface area contributed by atoms with E-state index in [0.29, 0.717) is 18.0 Å². The Hall–Kier alpha value is -3.03. The maximum atomic E-state index is 12.6. The van der Waals surface area contributed by atoms with Crippen molar-refractivity contribution in [2.24, 2.45) is 11.7 Å². The summed E-state index contributed by atoms with van der Waals surface area (Å²) in [7, 11) is 0. The summed E-state index contributed by atoms with van der Waals surface area (Å²) in [5, 5.41) is 14.9. The number of hydrogen-bond acceptors (Lipinski definition) is 5. The molecule has 6 nitrogen and oxygen atoms in total. The predicted molar refractivity (Wildman–Crippen MR) is 123 cm³/mol. The van der Waals surface area contributed by atoms with Crippen molar-refractivity contribution < 1.29 is 14.7 Å². The molecule has 0 spiro atoms. The van der Waals surface area contributed by atoms with E-state index in [9.17, 15) is 9.59 Å². The van der Waals surface area contributed by atoms with Crippen LogP contribution in [0.5, 0.6) is 0 Å². The zero-order valence-corrected chi connectivity index (χ0v) is 18.4. The second-order valence-electron chi connectivity index (χ2n) is 7.87.